The number of fused-ring (bicyclic) bond motifs is 4. The van der Waals surface area contributed by atoms with Gasteiger partial charge in [-0.05, 0) is 61.0 Å². The monoisotopic (exact) mass is 616 g/mol. The van der Waals surface area contributed by atoms with Gasteiger partial charge in [0.15, 0.2) is 5.82 Å². The lowest BCUT2D eigenvalue weighted by Gasteiger charge is -2.31. The van der Waals surface area contributed by atoms with Crippen molar-refractivity contribution in [3.8, 4) is 41.0 Å². The largest absolute Gasteiger partial charge is 0.508 e. The summed E-state index contributed by atoms with van der Waals surface area (Å²) >= 11 is 0. The van der Waals surface area contributed by atoms with Gasteiger partial charge in [0.2, 0.25) is 0 Å². The van der Waals surface area contributed by atoms with Crippen LogP contribution in [0, 0.1) is 24.0 Å². The maximum Gasteiger partial charge on any atom is 0.319 e. The topological polar surface area (TPSA) is 80.2 Å². The number of hydrogen-bond donors (Lipinski definition) is 1. The number of aromatic nitrogens is 2. The fourth-order valence-electron chi connectivity index (χ4n) is 7.65. The maximum atomic E-state index is 17.0. The van der Waals surface area contributed by atoms with E-state index in [1.54, 1.807) is 0 Å². The summed E-state index contributed by atoms with van der Waals surface area (Å²) in [5.74, 6) is 1.70. The maximum absolute atomic E-state index is 17.0. The van der Waals surface area contributed by atoms with Gasteiger partial charge in [-0.25, -0.2) is 13.2 Å². The minimum absolute atomic E-state index is 0.0232. The number of ether oxygens (including phenoxy) is 3. The molecule has 4 aliphatic rings. The van der Waals surface area contributed by atoms with E-state index in [9.17, 15) is 13.9 Å². The number of benzene rings is 3. The number of phenolic OH excluding ortho intramolecular Hbond substituents is 1. The van der Waals surface area contributed by atoms with Crippen molar-refractivity contribution < 1.29 is 32.5 Å². The molecular formula is C34H31F3N4O4. The lowest BCUT2D eigenvalue weighted by atomic mass is 9.92. The molecule has 0 amide bonds. The van der Waals surface area contributed by atoms with Gasteiger partial charge in [0, 0.05) is 37.1 Å². The highest BCUT2D eigenvalue weighted by Crippen LogP contribution is 2.46. The Hall–Kier alpha value is -4.27. The van der Waals surface area contributed by atoms with E-state index in [-0.39, 0.29) is 58.6 Å². The Morgan fingerprint density at radius 1 is 1.09 bits per heavy atom. The van der Waals surface area contributed by atoms with Crippen molar-refractivity contribution in [3.05, 3.63) is 47.5 Å². The van der Waals surface area contributed by atoms with Gasteiger partial charge in [-0.15, -0.1) is 6.42 Å². The molecule has 0 spiro atoms. The van der Waals surface area contributed by atoms with E-state index >= 15 is 4.39 Å². The molecule has 4 aromatic rings. The number of hydrogen-bond acceptors (Lipinski definition) is 8. The van der Waals surface area contributed by atoms with Crippen molar-refractivity contribution in [2.75, 3.05) is 51.0 Å². The molecule has 0 unspecified atom stereocenters. The molecule has 0 radical (unpaired) electrons. The van der Waals surface area contributed by atoms with Crippen LogP contribution >= 0.6 is 0 Å². The van der Waals surface area contributed by atoms with Crippen molar-refractivity contribution in [2.45, 2.75) is 43.4 Å². The smallest absolute Gasteiger partial charge is 0.319 e. The van der Waals surface area contributed by atoms with Crippen molar-refractivity contribution in [1.82, 2.24) is 14.9 Å². The fraction of sp³-hybridized carbons (Fsp3) is 0.412. The van der Waals surface area contributed by atoms with Crippen LogP contribution in [0.3, 0.4) is 0 Å². The van der Waals surface area contributed by atoms with E-state index in [0.29, 0.717) is 55.1 Å². The van der Waals surface area contributed by atoms with E-state index in [1.807, 2.05) is 0 Å². The minimum atomic E-state index is -0.927. The van der Waals surface area contributed by atoms with Gasteiger partial charge in [-0.1, -0.05) is 12.0 Å². The number of alkyl halides is 1. The molecule has 0 aliphatic carbocycles. The number of halogens is 3. The second-order valence-corrected chi connectivity index (χ2v) is 12.4. The van der Waals surface area contributed by atoms with Crippen LogP contribution in [-0.4, -0.2) is 83.8 Å². The first-order valence-electron chi connectivity index (χ1n) is 15.3. The average Bonchev–Trinajstić information content (AvgIpc) is 3.38. The molecule has 0 bridgehead atoms. The van der Waals surface area contributed by atoms with Crippen molar-refractivity contribution in [1.29, 1.82) is 0 Å². The summed E-state index contributed by atoms with van der Waals surface area (Å²) < 4.78 is 64.7. The molecule has 4 aliphatic heterocycles. The third kappa shape index (κ3) is 4.53. The van der Waals surface area contributed by atoms with Gasteiger partial charge in [-0.2, -0.15) is 9.97 Å². The number of aromatic hydroxyl groups is 1. The van der Waals surface area contributed by atoms with Gasteiger partial charge in [0.05, 0.1) is 29.1 Å². The first-order valence-corrected chi connectivity index (χ1v) is 15.3. The Labute approximate surface area is 257 Å². The third-order valence-corrected chi connectivity index (χ3v) is 9.69. The third-order valence-electron chi connectivity index (χ3n) is 9.69. The van der Waals surface area contributed by atoms with Crippen molar-refractivity contribution in [2.24, 2.45) is 0 Å². The van der Waals surface area contributed by atoms with E-state index < -0.39 is 23.3 Å². The Morgan fingerprint density at radius 3 is 2.84 bits per heavy atom. The zero-order valence-electron chi connectivity index (χ0n) is 24.5. The first-order chi connectivity index (χ1) is 21.8. The SMILES string of the molecule is C#Cc1c(F)ccc2cc(O)cc(-c3cc4c5c(nc(OC[C@@]67CCCN6C[C@H](F)C7)nc5c3F)N3CCCOC[C@H]3CO4)c12. The van der Waals surface area contributed by atoms with Crippen LogP contribution in [0.2, 0.25) is 0 Å². The molecule has 232 valence electrons. The summed E-state index contributed by atoms with van der Waals surface area (Å²) in [5, 5.41) is 11.7. The highest BCUT2D eigenvalue weighted by Gasteiger charge is 2.49. The summed E-state index contributed by atoms with van der Waals surface area (Å²) in [6.07, 6.45) is 7.64. The van der Waals surface area contributed by atoms with Crippen LogP contribution in [0.4, 0.5) is 19.0 Å². The van der Waals surface area contributed by atoms with Crippen LogP contribution < -0.4 is 14.4 Å². The molecule has 3 fully saturated rings. The summed E-state index contributed by atoms with van der Waals surface area (Å²) in [7, 11) is 0. The molecule has 3 aromatic carbocycles. The molecule has 45 heavy (non-hydrogen) atoms. The summed E-state index contributed by atoms with van der Waals surface area (Å²) in [5.41, 5.74) is -0.313. The Morgan fingerprint density at radius 2 is 1.98 bits per heavy atom. The quantitative estimate of drug-likeness (QED) is 0.307. The highest BCUT2D eigenvalue weighted by atomic mass is 19.1. The van der Waals surface area contributed by atoms with Gasteiger partial charge in [-0.3, -0.25) is 4.90 Å². The second-order valence-electron chi connectivity index (χ2n) is 12.4. The molecule has 11 heteroatoms. The van der Waals surface area contributed by atoms with E-state index in [1.165, 1.54) is 30.3 Å². The van der Waals surface area contributed by atoms with E-state index in [2.05, 4.69) is 20.7 Å². The van der Waals surface area contributed by atoms with Gasteiger partial charge in [0.25, 0.3) is 0 Å². The molecule has 1 N–H and O–H groups in total. The number of phenols is 1. The lowest BCUT2D eigenvalue weighted by Crippen LogP contribution is -2.43. The van der Waals surface area contributed by atoms with Gasteiger partial charge < -0.3 is 24.2 Å². The summed E-state index contributed by atoms with van der Waals surface area (Å²) in [6.45, 7) is 3.17. The Bertz CT molecular complexity index is 1900. The summed E-state index contributed by atoms with van der Waals surface area (Å²) in [4.78, 5) is 13.6. The molecule has 8 rings (SSSR count). The molecule has 3 atom stereocenters. The Kier molecular flexibility index (Phi) is 6.69. The summed E-state index contributed by atoms with van der Waals surface area (Å²) in [6, 6.07) is 6.83. The molecule has 5 heterocycles. The van der Waals surface area contributed by atoms with E-state index in [4.69, 9.17) is 25.6 Å². The second kappa shape index (κ2) is 10.7. The number of rotatable bonds is 4. The number of anilines is 1. The standard InChI is InChI=1S/C34H31F3N4O4/c1-2-23-26(36)6-5-19-11-22(42)12-24(28(19)23)25-13-27-29-31(30(25)37)38-33(45-18-34-7-3-8-40(34)15-20(35)14-34)39-32(29)41-9-4-10-43-16-21(41)17-44-27/h1,5-6,11-13,20-21,42H,3-4,7-10,14-18H2/t20-,21+,34+/m1/s1. The van der Waals surface area contributed by atoms with Crippen LogP contribution in [-0.2, 0) is 4.74 Å². The van der Waals surface area contributed by atoms with Crippen LogP contribution in [0.1, 0.15) is 31.2 Å². The highest BCUT2D eigenvalue weighted by molar-refractivity contribution is 6.05. The van der Waals surface area contributed by atoms with Crippen LogP contribution in [0.15, 0.2) is 30.3 Å². The Balaban J connectivity index is 1.33. The minimum Gasteiger partial charge on any atom is -0.508 e. The van der Waals surface area contributed by atoms with Crippen LogP contribution in [0.25, 0.3) is 32.8 Å². The molecule has 1 aromatic heterocycles. The van der Waals surface area contributed by atoms with Crippen molar-refractivity contribution >= 4 is 27.5 Å². The zero-order chi connectivity index (χ0) is 30.9. The molecule has 8 nitrogen and oxygen atoms in total. The fourth-order valence-corrected chi connectivity index (χ4v) is 7.65. The molecular weight excluding hydrogens is 585 g/mol. The van der Waals surface area contributed by atoms with Crippen LogP contribution in [0.5, 0.6) is 17.5 Å². The van der Waals surface area contributed by atoms with E-state index in [0.717, 1.165) is 25.8 Å². The molecule has 0 saturated carbocycles. The number of terminal acetylenes is 1. The average molecular weight is 617 g/mol. The first kappa shape index (κ1) is 28.2. The predicted molar refractivity (Wildman–Crippen MR) is 163 cm³/mol. The lowest BCUT2D eigenvalue weighted by molar-refractivity contribution is 0.107. The zero-order valence-corrected chi connectivity index (χ0v) is 24.5. The predicted octanol–water partition coefficient (Wildman–Crippen LogP) is 5.36. The normalized spacial score (nSPS) is 24.5. The van der Waals surface area contributed by atoms with Crippen molar-refractivity contribution in [3.63, 3.8) is 0 Å². The van der Waals surface area contributed by atoms with Gasteiger partial charge >= 0.3 is 6.01 Å². The number of nitrogens with zero attached hydrogens (tertiary/aromatic N) is 4. The molecule has 3 saturated heterocycles. The van der Waals surface area contributed by atoms with Gasteiger partial charge in [0.1, 0.15) is 48.0 Å².